The minimum Gasteiger partial charge on any atom is -0.490 e. The quantitative estimate of drug-likeness (QED) is 0.117. The third-order valence-electron chi connectivity index (χ3n) is 5.97. The maximum Gasteiger partial charge on any atom is 0.345 e. The fourth-order valence-electron chi connectivity index (χ4n) is 4.09. The molecule has 0 fully saturated rings. The first-order chi connectivity index (χ1) is 19.3. The Bertz CT molecular complexity index is 1830. The van der Waals surface area contributed by atoms with Gasteiger partial charge in [-0.05, 0) is 74.0 Å². The van der Waals surface area contributed by atoms with Crippen molar-refractivity contribution >= 4 is 46.3 Å². The standard InChI is InChI=1S/C31H23Cl2N3O4/c1-3-39-28-16-20(11-14-27(28)40-31(38)23-13-12-22(32)17-25(23)33)18-34-36-29(21-8-6-7-19(2)15-21)35-26-10-5-4-9-24(26)30(36)37/h4-18H,3H2,1-2H3. The van der Waals surface area contributed by atoms with E-state index >= 15 is 0 Å². The van der Waals surface area contributed by atoms with Crippen LogP contribution in [0.2, 0.25) is 10.0 Å². The van der Waals surface area contributed by atoms with Gasteiger partial charge in [0.15, 0.2) is 17.3 Å². The van der Waals surface area contributed by atoms with Gasteiger partial charge in [-0.25, -0.2) is 9.78 Å². The molecule has 0 bridgehead atoms. The summed E-state index contributed by atoms with van der Waals surface area (Å²) in [5.74, 6) is 0.299. The van der Waals surface area contributed by atoms with E-state index in [1.54, 1.807) is 42.5 Å². The molecular weight excluding hydrogens is 549 g/mol. The lowest BCUT2D eigenvalue weighted by Gasteiger charge is -2.12. The third-order valence-corrected chi connectivity index (χ3v) is 6.52. The van der Waals surface area contributed by atoms with Gasteiger partial charge in [-0.15, -0.1) is 0 Å². The van der Waals surface area contributed by atoms with Crippen LogP contribution in [0.1, 0.15) is 28.4 Å². The third kappa shape index (κ3) is 5.76. The monoisotopic (exact) mass is 571 g/mol. The van der Waals surface area contributed by atoms with Crippen molar-refractivity contribution in [2.45, 2.75) is 13.8 Å². The lowest BCUT2D eigenvalue weighted by Crippen LogP contribution is -2.20. The molecule has 5 aromatic rings. The molecule has 0 saturated carbocycles. The second kappa shape index (κ2) is 11.7. The van der Waals surface area contributed by atoms with E-state index < -0.39 is 5.97 Å². The molecule has 4 aromatic carbocycles. The highest BCUT2D eigenvalue weighted by atomic mass is 35.5. The van der Waals surface area contributed by atoms with Gasteiger partial charge in [-0.1, -0.05) is 59.1 Å². The van der Waals surface area contributed by atoms with Crippen LogP contribution in [-0.2, 0) is 0 Å². The number of hydrogen-bond donors (Lipinski definition) is 0. The van der Waals surface area contributed by atoms with Gasteiger partial charge in [-0.2, -0.15) is 9.78 Å². The number of carbonyl (C=O) groups excluding carboxylic acids is 1. The van der Waals surface area contributed by atoms with Crippen molar-refractivity contribution in [1.82, 2.24) is 9.66 Å². The predicted octanol–water partition coefficient (Wildman–Crippen LogP) is 7.18. The summed E-state index contributed by atoms with van der Waals surface area (Å²) in [5.41, 5.74) is 2.86. The summed E-state index contributed by atoms with van der Waals surface area (Å²) in [6.07, 6.45) is 1.53. The number of benzene rings is 4. The van der Waals surface area contributed by atoms with Gasteiger partial charge in [0.05, 0.1) is 34.3 Å². The lowest BCUT2D eigenvalue weighted by atomic mass is 10.1. The molecule has 1 aromatic heterocycles. The fraction of sp³-hybridized carbons (Fsp3) is 0.0968. The van der Waals surface area contributed by atoms with Gasteiger partial charge >= 0.3 is 5.97 Å². The van der Waals surface area contributed by atoms with E-state index in [4.69, 9.17) is 37.7 Å². The molecule has 0 unspecified atom stereocenters. The van der Waals surface area contributed by atoms with Gasteiger partial charge in [0.2, 0.25) is 0 Å². The summed E-state index contributed by atoms with van der Waals surface area (Å²) in [7, 11) is 0. The van der Waals surface area contributed by atoms with Gasteiger partial charge in [-0.3, -0.25) is 4.79 Å². The topological polar surface area (TPSA) is 82.8 Å². The predicted molar refractivity (Wildman–Crippen MR) is 158 cm³/mol. The number of carbonyl (C=O) groups is 1. The highest BCUT2D eigenvalue weighted by Gasteiger charge is 2.17. The first kappa shape index (κ1) is 27.1. The molecule has 0 atom stereocenters. The van der Waals surface area contributed by atoms with Crippen LogP contribution in [0.15, 0.2) is 94.8 Å². The van der Waals surface area contributed by atoms with Crippen LogP contribution < -0.4 is 15.0 Å². The molecule has 5 rings (SSSR count). The molecule has 0 aliphatic carbocycles. The number of nitrogens with zero attached hydrogens (tertiary/aromatic N) is 3. The number of esters is 1. The number of ether oxygens (including phenoxy) is 2. The molecule has 200 valence electrons. The van der Waals surface area contributed by atoms with E-state index in [0.717, 1.165) is 11.1 Å². The largest absolute Gasteiger partial charge is 0.490 e. The van der Waals surface area contributed by atoms with Crippen molar-refractivity contribution in [3.05, 3.63) is 122 Å². The minimum atomic E-state index is -0.652. The summed E-state index contributed by atoms with van der Waals surface area (Å²) in [4.78, 5) is 31.0. The summed E-state index contributed by atoms with van der Waals surface area (Å²) in [6.45, 7) is 4.12. The Balaban J connectivity index is 1.52. The normalized spacial score (nSPS) is 11.2. The molecule has 0 amide bonds. The average molecular weight is 572 g/mol. The first-order valence-electron chi connectivity index (χ1n) is 12.4. The SMILES string of the molecule is CCOc1cc(C=Nn2c(-c3cccc(C)c3)nc3ccccc3c2=O)ccc1OC(=O)c1ccc(Cl)cc1Cl. The van der Waals surface area contributed by atoms with Crippen molar-refractivity contribution < 1.29 is 14.3 Å². The molecule has 9 heteroatoms. The Morgan fingerprint density at radius 2 is 1.80 bits per heavy atom. The van der Waals surface area contributed by atoms with E-state index in [1.807, 2.05) is 44.2 Å². The number of aryl methyl sites for hydroxylation is 1. The van der Waals surface area contributed by atoms with Crippen LogP contribution in [0.4, 0.5) is 0 Å². The van der Waals surface area contributed by atoms with Gasteiger partial charge in [0.1, 0.15) is 0 Å². The van der Waals surface area contributed by atoms with E-state index in [2.05, 4.69) is 5.10 Å². The van der Waals surface area contributed by atoms with Crippen LogP contribution in [0.3, 0.4) is 0 Å². The van der Waals surface area contributed by atoms with Gasteiger partial charge in [0, 0.05) is 10.6 Å². The molecule has 0 radical (unpaired) electrons. The van der Waals surface area contributed by atoms with E-state index in [-0.39, 0.29) is 21.9 Å². The van der Waals surface area contributed by atoms with E-state index in [0.29, 0.717) is 39.7 Å². The van der Waals surface area contributed by atoms with Gasteiger partial charge < -0.3 is 9.47 Å². The van der Waals surface area contributed by atoms with Gasteiger partial charge in [0.25, 0.3) is 5.56 Å². The smallest absolute Gasteiger partial charge is 0.345 e. The zero-order chi connectivity index (χ0) is 28.2. The highest BCUT2D eigenvalue weighted by Crippen LogP contribution is 2.30. The molecule has 1 heterocycles. The number of rotatable bonds is 7. The van der Waals surface area contributed by atoms with Crippen LogP contribution in [-0.4, -0.2) is 28.5 Å². The van der Waals surface area contributed by atoms with Crippen molar-refractivity contribution in [2.24, 2.45) is 5.10 Å². The minimum absolute atomic E-state index is 0.172. The zero-order valence-corrected chi connectivity index (χ0v) is 23.1. The van der Waals surface area contributed by atoms with E-state index in [1.165, 1.54) is 23.0 Å². The molecule has 0 saturated heterocycles. The number of aromatic nitrogens is 2. The Hall–Kier alpha value is -4.46. The second-order valence-electron chi connectivity index (χ2n) is 8.84. The van der Waals surface area contributed by atoms with Crippen LogP contribution in [0, 0.1) is 6.92 Å². The average Bonchev–Trinajstić information content (AvgIpc) is 2.94. The summed E-state index contributed by atoms with van der Waals surface area (Å²) < 4.78 is 12.6. The van der Waals surface area contributed by atoms with Crippen molar-refractivity contribution in [3.8, 4) is 22.9 Å². The molecule has 40 heavy (non-hydrogen) atoms. The zero-order valence-electron chi connectivity index (χ0n) is 21.6. The molecule has 0 spiro atoms. The molecule has 0 aliphatic heterocycles. The molecule has 7 nitrogen and oxygen atoms in total. The number of halogens is 2. The highest BCUT2D eigenvalue weighted by molar-refractivity contribution is 6.36. The maximum absolute atomic E-state index is 13.5. The number of para-hydroxylation sites is 1. The Labute approximate surface area is 240 Å². The summed E-state index contributed by atoms with van der Waals surface area (Å²) in [5, 5.41) is 5.56. The maximum atomic E-state index is 13.5. The van der Waals surface area contributed by atoms with Crippen molar-refractivity contribution in [1.29, 1.82) is 0 Å². The lowest BCUT2D eigenvalue weighted by molar-refractivity contribution is 0.0728. The Morgan fingerprint density at radius 3 is 2.58 bits per heavy atom. The van der Waals surface area contributed by atoms with Crippen LogP contribution in [0.5, 0.6) is 11.5 Å². The summed E-state index contributed by atoms with van der Waals surface area (Å²) >= 11 is 12.1. The van der Waals surface area contributed by atoms with Crippen LogP contribution >= 0.6 is 23.2 Å². The summed E-state index contributed by atoms with van der Waals surface area (Å²) in [6, 6.07) is 24.4. The van der Waals surface area contributed by atoms with Crippen LogP contribution in [0.25, 0.3) is 22.3 Å². The van der Waals surface area contributed by atoms with Crippen molar-refractivity contribution in [2.75, 3.05) is 6.61 Å². The Kier molecular flexibility index (Phi) is 7.96. The Morgan fingerprint density at radius 1 is 0.975 bits per heavy atom. The fourth-order valence-corrected chi connectivity index (χ4v) is 4.58. The molecule has 0 N–H and O–H groups in total. The van der Waals surface area contributed by atoms with Crippen molar-refractivity contribution in [3.63, 3.8) is 0 Å². The molecular formula is C31H23Cl2N3O4. The second-order valence-corrected chi connectivity index (χ2v) is 9.68. The first-order valence-corrected chi connectivity index (χ1v) is 13.2. The number of hydrogen-bond acceptors (Lipinski definition) is 6. The van der Waals surface area contributed by atoms with E-state index in [9.17, 15) is 9.59 Å². The number of fused-ring (bicyclic) bond motifs is 1. The molecule has 0 aliphatic rings.